The summed E-state index contributed by atoms with van der Waals surface area (Å²) in [6.07, 6.45) is -1.51. The Morgan fingerprint density at radius 1 is 1.16 bits per heavy atom. The van der Waals surface area contributed by atoms with Crippen LogP contribution in [-0.4, -0.2) is 98.1 Å². The van der Waals surface area contributed by atoms with E-state index < -0.39 is 89.9 Å². The van der Waals surface area contributed by atoms with Gasteiger partial charge in [0.1, 0.15) is 0 Å². The zero-order valence-corrected chi connectivity index (χ0v) is 27.8. The Balaban J connectivity index is 1.22. The van der Waals surface area contributed by atoms with Crippen LogP contribution in [0.15, 0.2) is 42.5 Å². The standard InChI is InChI=1S/C29H29ClF2N4O7.In/c1-16(33-25(39)19-8-9-21(20(30)12-19)34-17(2)37)27(41)36-15-29(31,32)14-23(36)26(40)35-22-13-24(38)43-28(22)42-11-10-18-6-4-3-5-7-18;/h3-6,8-9,11-12,16,22-23,28H,10,13-15H2,1-2H3,(H,33,39)(H,34,37)(H,35,40);. The Bertz CT molecular complexity index is 1490. The number of hydrogen-bond acceptors (Lipinski definition) is 7. The molecule has 0 aromatic heterocycles. The molecule has 15 heteroatoms. The van der Waals surface area contributed by atoms with E-state index in [-0.39, 0.29) is 32.5 Å². The molecule has 3 aliphatic heterocycles. The van der Waals surface area contributed by atoms with Crippen molar-refractivity contribution in [2.75, 3.05) is 11.9 Å². The molecular formula is C29H29ClF2InN4O7. The van der Waals surface area contributed by atoms with E-state index >= 15 is 0 Å². The minimum Gasteiger partial charge on any atom is -0.0820 e. The molecule has 44 heavy (non-hydrogen) atoms. The van der Waals surface area contributed by atoms with Gasteiger partial charge >= 0.3 is 195 Å². The van der Waals surface area contributed by atoms with Crippen LogP contribution < -0.4 is 19.3 Å². The predicted octanol–water partition coefficient (Wildman–Crippen LogP) is 1.34. The van der Waals surface area contributed by atoms with E-state index in [9.17, 15) is 32.8 Å². The Morgan fingerprint density at radius 3 is 2.61 bits per heavy atom. The van der Waals surface area contributed by atoms with Gasteiger partial charge in [0.2, 0.25) is 5.91 Å². The minimum atomic E-state index is -3.35. The molecular weight excluding hydrogens is 705 g/mol. The molecule has 0 saturated carbocycles. The number of fused-ring (bicyclic) bond motifs is 1. The number of alkyl halides is 2. The number of nitrogens with one attached hydrogen (secondary N) is 3. The molecule has 2 saturated heterocycles. The van der Waals surface area contributed by atoms with Crippen LogP contribution in [0.5, 0.6) is 0 Å². The van der Waals surface area contributed by atoms with Crippen LogP contribution in [0.1, 0.15) is 42.6 Å². The topological polar surface area (TPSA) is 143 Å². The average molecular weight is 734 g/mol. The molecule has 3 heterocycles. The van der Waals surface area contributed by atoms with Gasteiger partial charge in [-0.3, -0.25) is 9.59 Å². The fraction of sp³-hybridized carbons (Fsp3) is 0.414. The van der Waals surface area contributed by atoms with Crippen molar-refractivity contribution >= 4 is 73.1 Å². The second kappa shape index (κ2) is 13.0. The summed E-state index contributed by atoms with van der Waals surface area (Å²) in [5, 5.41) is 7.64. The van der Waals surface area contributed by atoms with Gasteiger partial charge in [-0.2, -0.15) is 0 Å². The maximum atomic E-state index is 14.6. The van der Waals surface area contributed by atoms with Gasteiger partial charge in [-0.1, -0.05) is 11.6 Å². The summed E-state index contributed by atoms with van der Waals surface area (Å²) in [5.74, 6) is -6.77. The number of cyclic esters (lactones) is 1. The Labute approximate surface area is 267 Å². The SMILES string of the molecule is CC(=O)Nc1ccc(C(=O)NC(C)C(=O)N2CC(F)(F)CC2C(=O)NC2CC(=O)OC2O[CH]2Cc3cccc[c]3[In]2)cc1Cl. The summed E-state index contributed by atoms with van der Waals surface area (Å²) in [6, 6.07) is 8.35. The van der Waals surface area contributed by atoms with Crippen LogP contribution in [0.3, 0.4) is 0 Å². The molecule has 0 bridgehead atoms. The van der Waals surface area contributed by atoms with Crippen molar-refractivity contribution in [3.8, 4) is 0 Å². The molecule has 3 aliphatic rings. The minimum absolute atomic E-state index is 0.0660. The van der Waals surface area contributed by atoms with Gasteiger partial charge in [-0.05, 0) is 18.2 Å². The molecule has 5 atom stereocenters. The van der Waals surface area contributed by atoms with Crippen LogP contribution in [0.4, 0.5) is 14.5 Å². The molecule has 2 fully saturated rings. The summed E-state index contributed by atoms with van der Waals surface area (Å²) in [7, 11) is 0. The van der Waals surface area contributed by atoms with E-state index in [0.717, 1.165) is 4.90 Å². The quantitative estimate of drug-likeness (QED) is 0.348. The van der Waals surface area contributed by atoms with Crippen molar-refractivity contribution in [1.29, 1.82) is 0 Å². The molecule has 0 spiro atoms. The van der Waals surface area contributed by atoms with E-state index in [1.165, 1.54) is 40.9 Å². The monoisotopic (exact) mass is 733 g/mol. The van der Waals surface area contributed by atoms with E-state index in [1.54, 1.807) is 0 Å². The van der Waals surface area contributed by atoms with Crippen LogP contribution in [0, 0.1) is 0 Å². The van der Waals surface area contributed by atoms with E-state index in [0.29, 0.717) is 6.42 Å². The van der Waals surface area contributed by atoms with E-state index in [2.05, 4.69) is 22.0 Å². The van der Waals surface area contributed by atoms with Gasteiger partial charge in [0.15, 0.2) is 0 Å². The first-order valence-electron chi connectivity index (χ1n) is 13.9. The fourth-order valence-electron chi connectivity index (χ4n) is 5.50. The van der Waals surface area contributed by atoms with E-state index in [4.69, 9.17) is 21.1 Å². The van der Waals surface area contributed by atoms with Gasteiger partial charge in [0, 0.05) is 12.5 Å². The van der Waals surface area contributed by atoms with Gasteiger partial charge in [0.05, 0.1) is 10.7 Å². The molecule has 231 valence electrons. The van der Waals surface area contributed by atoms with Crippen LogP contribution in [-0.2, 0) is 35.1 Å². The van der Waals surface area contributed by atoms with Gasteiger partial charge in [0.25, 0.3) is 0 Å². The number of benzene rings is 2. The summed E-state index contributed by atoms with van der Waals surface area (Å²) in [6.45, 7) is 1.59. The number of esters is 1. The fourth-order valence-corrected chi connectivity index (χ4v) is 10.4. The van der Waals surface area contributed by atoms with E-state index in [1.807, 2.05) is 18.2 Å². The smallest absolute Gasteiger partial charge is 0.0649 e. The first-order valence-corrected chi connectivity index (χ1v) is 17.9. The summed E-state index contributed by atoms with van der Waals surface area (Å²) >= 11 is 4.78. The molecule has 0 aliphatic carbocycles. The van der Waals surface area contributed by atoms with Crippen LogP contribution in [0.2, 0.25) is 5.02 Å². The zero-order valence-electron chi connectivity index (χ0n) is 23.8. The number of amides is 4. The molecule has 4 amide bonds. The third-order valence-electron chi connectivity index (χ3n) is 7.56. The summed E-state index contributed by atoms with van der Waals surface area (Å²) < 4.78 is 41.8. The number of halogens is 3. The zero-order chi connectivity index (χ0) is 31.8. The number of rotatable bonds is 8. The summed E-state index contributed by atoms with van der Waals surface area (Å²) in [4.78, 5) is 63.5. The molecule has 1 radical (unpaired) electrons. The Hall–Kier alpha value is -3.23. The van der Waals surface area contributed by atoms with Gasteiger partial charge in [-0.25, -0.2) is 0 Å². The molecule has 5 rings (SSSR count). The maximum Gasteiger partial charge on any atom is 0.0649 e. The van der Waals surface area contributed by atoms with Crippen molar-refractivity contribution in [2.45, 2.75) is 67.3 Å². The number of likely N-dealkylation sites (tertiary alicyclic amines) is 1. The number of ether oxygens (including phenoxy) is 2. The first kappa shape index (κ1) is 32.2. The average Bonchev–Trinajstić information content (AvgIpc) is 3.62. The van der Waals surface area contributed by atoms with Gasteiger partial charge < -0.3 is 5.32 Å². The number of anilines is 1. The number of nitrogens with zero attached hydrogens (tertiary/aromatic N) is 1. The Kier molecular flexibility index (Phi) is 9.52. The molecule has 11 nitrogen and oxygen atoms in total. The van der Waals surface area contributed by atoms with Gasteiger partial charge in [-0.15, -0.1) is 0 Å². The third kappa shape index (κ3) is 7.35. The second-order valence-electron chi connectivity index (χ2n) is 11.0. The molecule has 5 unspecified atom stereocenters. The Morgan fingerprint density at radius 2 is 1.91 bits per heavy atom. The number of carbonyl (C=O) groups excluding carboxylic acids is 5. The van der Waals surface area contributed by atoms with Crippen LogP contribution in [0.25, 0.3) is 0 Å². The number of carbonyl (C=O) groups is 5. The van der Waals surface area contributed by atoms with Crippen LogP contribution >= 0.6 is 11.6 Å². The third-order valence-corrected chi connectivity index (χ3v) is 12.7. The molecule has 2 aromatic rings. The number of hydrogen-bond donors (Lipinski definition) is 3. The first-order chi connectivity index (χ1) is 20.8. The van der Waals surface area contributed by atoms with Crippen molar-refractivity contribution in [1.82, 2.24) is 15.5 Å². The molecule has 2 aromatic carbocycles. The van der Waals surface area contributed by atoms with Crippen molar-refractivity contribution in [2.24, 2.45) is 0 Å². The normalized spacial score (nSPS) is 24.1. The largest absolute Gasteiger partial charge is 0.0820 e. The second-order valence-corrected chi connectivity index (χ2v) is 16.3. The van der Waals surface area contributed by atoms with Crippen molar-refractivity contribution in [3.63, 3.8) is 0 Å². The summed E-state index contributed by atoms with van der Waals surface area (Å²) in [5.41, 5.74) is 1.54. The van der Waals surface area contributed by atoms with Crippen molar-refractivity contribution < 1.29 is 42.2 Å². The molecule has 3 N–H and O–H groups in total. The predicted molar refractivity (Wildman–Crippen MR) is 155 cm³/mol. The maximum absolute atomic E-state index is 14.6. The van der Waals surface area contributed by atoms with Crippen molar-refractivity contribution in [3.05, 3.63) is 58.6 Å².